The highest BCUT2D eigenvalue weighted by Crippen LogP contribution is 2.36. The predicted octanol–water partition coefficient (Wildman–Crippen LogP) is 0.938. The summed E-state index contributed by atoms with van der Waals surface area (Å²) in [5, 5.41) is 32.3. The summed E-state index contributed by atoms with van der Waals surface area (Å²) in [7, 11) is 0. The first-order valence-corrected chi connectivity index (χ1v) is 8.98. The van der Waals surface area contributed by atoms with E-state index in [4.69, 9.17) is 22.1 Å². The zero-order chi connectivity index (χ0) is 19.8. The molecule has 4 rings (SSSR count). The molecule has 1 aromatic carbocycles. The highest BCUT2D eigenvalue weighted by molar-refractivity contribution is 6.33. The third kappa shape index (κ3) is 3.25. The normalized spacial score (nSPS) is 22.1. The molecular weight excluding hydrogens is 388 g/mol. The quantitative estimate of drug-likeness (QED) is 0.416. The number of anilines is 3. The van der Waals surface area contributed by atoms with Crippen LogP contribution < -0.4 is 11.1 Å². The van der Waals surface area contributed by atoms with E-state index in [0.29, 0.717) is 33.4 Å². The fraction of sp³-hybridized carbons (Fsp3) is 0.353. The summed E-state index contributed by atoms with van der Waals surface area (Å²) in [5.74, 6) is 0.544. The van der Waals surface area contributed by atoms with Crippen LogP contribution in [0.5, 0.6) is 0 Å². The molecule has 1 aliphatic rings. The molecule has 28 heavy (non-hydrogen) atoms. The second kappa shape index (κ2) is 7.49. The number of hydrogen-bond donors (Lipinski definition) is 5. The summed E-state index contributed by atoms with van der Waals surface area (Å²) in [6.07, 6.45) is -0.595. The molecule has 1 fully saturated rings. The number of imidazole rings is 1. The van der Waals surface area contributed by atoms with Crippen molar-refractivity contribution in [1.29, 1.82) is 0 Å². The highest BCUT2D eigenvalue weighted by Gasteiger charge is 2.37. The lowest BCUT2D eigenvalue weighted by Crippen LogP contribution is -2.24. The third-order valence-electron chi connectivity index (χ3n) is 4.64. The second-order valence-electron chi connectivity index (χ2n) is 6.45. The maximum Gasteiger partial charge on any atom is 0.212 e. The van der Waals surface area contributed by atoms with Crippen LogP contribution in [-0.2, 0) is 11.3 Å². The van der Waals surface area contributed by atoms with Crippen LogP contribution in [0.25, 0.3) is 11.2 Å². The molecule has 3 aromatic rings. The number of fused-ring (bicyclic) bond motifs is 1. The van der Waals surface area contributed by atoms with E-state index in [1.807, 2.05) is 0 Å². The molecule has 2 aromatic heterocycles. The van der Waals surface area contributed by atoms with Crippen LogP contribution in [0.4, 0.5) is 17.5 Å². The number of ether oxygens (including phenoxy) is 1. The SMILES string of the molecule is Nc1ncnc2c1nc(Nc1ccc(CO)cc1Cl)n2C1CC(O)C(CO)O1. The smallest absolute Gasteiger partial charge is 0.212 e. The number of aromatic nitrogens is 4. The molecule has 1 aliphatic heterocycles. The Morgan fingerprint density at radius 3 is 2.82 bits per heavy atom. The number of aliphatic hydroxyl groups is 3. The topological polar surface area (TPSA) is 152 Å². The second-order valence-corrected chi connectivity index (χ2v) is 6.86. The van der Waals surface area contributed by atoms with Gasteiger partial charge in [0.05, 0.1) is 30.0 Å². The minimum Gasteiger partial charge on any atom is -0.394 e. The Labute approximate surface area is 164 Å². The van der Waals surface area contributed by atoms with Crippen LogP contribution in [0.1, 0.15) is 18.2 Å². The number of nitrogen functional groups attached to an aromatic ring is 1. The molecule has 0 saturated carbocycles. The molecule has 11 heteroatoms. The maximum atomic E-state index is 10.1. The lowest BCUT2D eigenvalue weighted by atomic mass is 10.2. The van der Waals surface area contributed by atoms with Crippen molar-refractivity contribution >= 4 is 40.2 Å². The van der Waals surface area contributed by atoms with Crippen LogP contribution >= 0.6 is 11.6 Å². The molecule has 0 aliphatic carbocycles. The summed E-state index contributed by atoms with van der Waals surface area (Å²) in [5.41, 5.74) is 7.97. The maximum absolute atomic E-state index is 10.1. The van der Waals surface area contributed by atoms with Crippen LogP contribution in [-0.4, -0.2) is 53.7 Å². The van der Waals surface area contributed by atoms with Gasteiger partial charge in [0.15, 0.2) is 17.0 Å². The summed E-state index contributed by atoms with van der Waals surface area (Å²) in [6.45, 7) is -0.431. The standard InChI is InChI=1S/C17H19ClN6O4/c18-9-3-8(5-25)1-2-10(9)22-17-23-14-15(19)20-7-21-16(14)24(17)13-4-11(27)12(6-26)28-13/h1-3,7,11-13,25-27H,4-6H2,(H,22,23)(H2,19,20,21). The monoisotopic (exact) mass is 406 g/mol. The zero-order valence-electron chi connectivity index (χ0n) is 14.7. The minimum absolute atomic E-state index is 0.124. The van der Waals surface area contributed by atoms with Crippen molar-refractivity contribution in [1.82, 2.24) is 19.5 Å². The molecule has 10 nitrogen and oxygen atoms in total. The first kappa shape index (κ1) is 18.8. The zero-order valence-corrected chi connectivity index (χ0v) is 15.4. The van der Waals surface area contributed by atoms with Gasteiger partial charge in [-0.15, -0.1) is 0 Å². The van der Waals surface area contributed by atoms with Gasteiger partial charge in [-0.1, -0.05) is 17.7 Å². The molecular formula is C17H19ClN6O4. The molecule has 1 saturated heterocycles. The number of nitrogens with zero attached hydrogens (tertiary/aromatic N) is 4. The molecule has 0 spiro atoms. The lowest BCUT2D eigenvalue weighted by molar-refractivity contribution is -0.0425. The number of aliphatic hydroxyl groups excluding tert-OH is 3. The fourth-order valence-corrected chi connectivity index (χ4v) is 3.45. The van der Waals surface area contributed by atoms with Crippen LogP contribution in [0, 0.1) is 0 Å². The Balaban J connectivity index is 1.79. The van der Waals surface area contributed by atoms with Crippen molar-refractivity contribution < 1.29 is 20.1 Å². The Kier molecular flexibility index (Phi) is 5.04. The van der Waals surface area contributed by atoms with Crippen molar-refractivity contribution in [2.75, 3.05) is 17.7 Å². The van der Waals surface area contributed by atoms with Gasteiger partial charge in [0.25, 0.3) is 0 Å². The number of nitrogens with two attached hydrogens (primary N) is 1. The summed E-state index contributed by atoms with van der Waals surface area (Å²) >= 11 is 6.30. The Bertz CT molecular complexity index is 1010. The van der Waals surface area contributed by atoms with Crippen molar-refractivity contribution in [3.63, 3.8) is 0 Å². The van der Waals surface area contributed by atoms with Gasteiger partial charge in [-0.3, -0.25) is 4.57 Å². The van der Waals surface area contributed by atoms with Gasteiger partial charge >= 0.3 is 0 Å². The summed E-state index contributed by atoms with van der Waals surface area (Å²) < 4.78 is 7.43. The van der Waals surface area contributed by atoms with Crippen LogP contribution in [0.15, 0.2) is 24.5 Å². The Hall–Kier alpha value is -2.50. The van der Waals surface area contributed by atoms with Gasteiger partial charge in [0.2, 0.25) is 5.95 Å². The molecule has 148 valence electrons. The van der Waals surface area contributed by atoms with Gasteiger partial charge in [-0.25, -0.2) is 15.0 Å². The number of halogens is 1. The van der Waals surface area contributed by atoms with E-state index < -0.39 is 18.4 Å². The number of nitrogens with one attached hydrogen (secondary N) is 1. The Morgan fingerprint density at radius 2 is 2.14 bits per heavy atom. The Morgan fingerprint density at radius 1 is 1.32 bits per heavy atom. The first-order chi connectivity index (χ1) is 13.5. The van der Waals surface area contributed by atoms with Gasteiger partial charge in [0.1, 0.15) is 18.7 Å². The molecule has 3 atom stereocenters. The van der Waals surface area contributed by atoms with Crippen LogP contribution in [0.2, 0.25) is 5.02 Å². The summed E-state index contributed by atoms with van der Waals surface area (Å²) in [6, 6.07) is 5.09. The van der Waals surface area contributed by atoms with E-state index in [1.165, 1.54) is 6.33 Å². The van der Waals surface area contributed by atoms with Crippen molar-refractivity contribution in [2.24, 2.45) is 0 Å². The third-order valence-corrected chi connectivity index (χ3v) is 4.95. The van der Waals surface area contributed by atoms with E-state index in [-0.39, 0.29) is 25.5 Å². The van der Waals surface area contributed by atoms with Crippen molar-refractivity contribution in [2.45, 2.75) is 31.5 Å². The predicted molar refractivity (Wildman–Crippen MR) is 102 cm³/mol. The number of rotatable bonds is 5. The average Bonchev–Trinajstić information content (AvgIpc) is 3.23. The lowest BCUT2D eigenvalue weighted by Gasteiger charge is -2.17. The molecule has 3 heterocycles. The summed E-state index contributed by atoms with van der Waals surface area (Å²) in [4.78, 5) is 12.7. The van der Waals surface area contributed by atoms with Crippen molar-refractivity contribution in [3.05, 3.63) is 35.1 Å². The van der Waals surface area contributed by atoms with E-state index in [9.17, 15) is 15.3 Å². The molecule has 0 radical (unpaired) electrons. The largest absolute Gasteiger partial charge is 0.394 e. The molecule has 0 amide bonds. The van der Waals surface area contributed by atoms with E-state index in [1.54, 1.807) is 22.8 Å². The van der Waals surface area contributed by atoms with Crippen molar-refractivity contribution in [3.8, 4) is 0 Å². The van der Waals surface area contributed by atoms with Gasteiger partial charge in [0, 0.05) is 6.42 Å². The van der Waals surface area contributed by atoms with Gasteiger partial charge in [-0.05, 0) is 17.7 Å². The first-order valence-electron chi connectivity index (χ1n) is 8.61. The fourth-order valence-electron chi connectivity index (χ4n) is 3.20. The number of hydrogen-bond acceptors (Lipinski definition) is 9. The van der Waals surface area contributed by atoms with Gasteiger partial charge < -0.3 is 31.1 Å². The average molecular weight is 407 g/mol. The molecule has 6 N–H and O–H groups in total. The van der Waals surface area contributed by atoms with E-state index in [2.05, 4.69) is 20.3 Å². The van der Waals surface area contributed by atoms with E-state index >= 15 is 0 Å². The van der Waals surface area contributed by atoms with Gasteiger partial charge in [-0.2, -0.15) is 0 Å². The van der Waals surface area contributed by atoms with Crippen LogP contribution in [0.3, 0.4) is 0 Å². The molecule has 3 unspecified atom stereocenters. The van der Waals surface area contributed by atoms with E-state index in [0.717, 1.165) is 0 Å². The number of benzene rings is 1. The molecule has 0 bridgehead atoms. The highest BCUT2D eigenvalue weighted by atomic mass is 35.5. The minimum atomic E-state index is -0.827.